The Morgan fingerprint density at radius 1 is 1.50 bits per heavy atom. The molecular formula is C12H12BrClN2O2. The minimum atomic E-state index is -0.448. The monoisotopic (exact) mass is 330 g/mol. The van der Waals surface area contributed by atoms with Crippen LogP contribution in [0.2, 0.25) is 5.02 Å². The molecule has 96 valence electrons. The first kappa shape index (κ1) is 13.4. The van der Waals surface area contributed by atoms with Gasteiger partial charge >= 0.3 is 5.97 Å². The van der Waals surface area contributed by atoms with Crippen molar-refractivity contribution in [3.63, 3.8) is 0 Å². The number of hydrogen-bond donors (Lipinski definition) is 0. The van der Waals surface area contributed by atoms with Crippen LogP contribution in [0.3, 0.4) is 0 Å². The highest BCUT2D eigenvalue weighted by Gasteiger charge is 2.19. The smallest absolute Gasteiger partial charge is 0.355 e. The van der Waals surface area contributed by atoms with Gasteiger partial charge in [0, 0.05) is 5.02 Å². The zero-order chi connectivity index (χ0) is 13.4. The predicted molar refractivity (Wildman–Crippen MR) is 73.3 cm³/mol. The molecular weight excluding hydrogens is 320 g/mol. The second kappa shape index (κ2) is 4.90. The SMILES string of the molecule is COC(=O)c1cc(Cl)cc2c(C(C)C)nc(Br)n12. The Balaban J connectivity index is 2.84. The molecule has 2 rings (SSSR count). The lowest BCUT2D eigenvalue weighted by atomic mass is 10.1. The highest BCUT2D eigenvalue weighted by Crippen LogP contribution is 2.28. The number of halogens is 2. The first-order valence-corrected chi connectivity index (χ1v) is 6.58. The number of aromatic nitrogens is 2. The van der Waals surface area contributed by atoms with Gasteiger partial charge in [-0.2, -0.15) is 0 Å². The maximum Gasteiger partial charge on any atom is 0.355 e. The highest BCUT2D eigenvalue weighted by molar-refractivity contribution is 9.10. The van der Waals surface area contributed by atoms with Crippen LogP contribution in [0.5, 0.6) is 0 Å². The van der Waals surface area contributed by atoms with E-state index in [9.17, 15) is 4.79 Å². The minimum Gasteiger partial charge on any atom is -0.464 e. The Hall–Kier alpha value is -1.07. The molecule has 6 heteroatoms. The van der Waals surface area contributed by atoms with Gasteiger partial charge < -0.3 is 4.74 Å². The largest absolute Gasteiger partial charge is 0.464 e. The summed E-state index contributed by atoms with van der Waals surface area (Å²) in [6, 6.07) is 3.36. The van der Waals surface area contributed by atoms with Gasteiger partial charge in [-0.1, -0.05) is 25.4 Å². The number of esters is 1. The molecule has 0 unspecified atom stereocenters. The van der Waals surface area contributed by atoms with Crippen molar-refractivity contribution in [1.82, 2.24) is 9.38 Å². The van der Waals surface area contributed by atoms with Crippen molar-refractivity contribution in [2.45, 2.75) is 19.8 Å². The van der Waals surface area contributed by atoms with E-state index in [0.717, 1.165) is 11.2 Å². The number of pyridine rings is 1. The number of carbonyl (C=O) groups is 1. The highest BCUT2D eigenvalue weighted by atomic mass is 79.9. The van der Waals surface area contributed by atoms with Crippen molar-refractivity contribution in [2.75, 3.05) is 7.11 Å². The molecule has 18 heavy (non-hydrogen) atoms. The number of fused-ring (bicyclic) bond motifs is 1. The predicted octanol–water partition coefficient (Wildman–Crippen LogP) is 3.66. The van der Waals surface area contributed by atoms with E-state index in [1.807, 2.05) is 13.8 Å². The molecule has 0 fully saturated rings. The molecule has 0 N–H and O–H groups in total. The van der Waals surface area contributed by atoms with E-state index in [1.54, 1.807) is 16.5 Å². The summed E-state index contributed by atoms with van der Waals surface area (Å²) in [5.74, 6) is -0.217. The molecule has 0 bridgehead atoms. The molecule has 2 aromatic rings. The van der Waals surface area contributed by atoms with Crippen molar-refractivity contribution in [3.05, 3.63) is 33.3 Å². The third-order valence-electron chi connectivity index (χ3n) is 2.63. The maximum absolute atomic E-state index is 11.8. The van der Waals surface area contributed by atoms with Crippen molar-refractivity contribution in [3.8, 4) is 0 Å². The summed E-state index contributed by atoms with van der Waals surface area (Å²) in [6.45, 7) is 4.07. The van der Waals surface area contributed by atoms with Crippen LogP contribution in [0.4, 0.5) is 0 Å². The van der Waals surface area contributed by atoms with Gasteiger partial charge in [0.25, 0.3) is 0 Å². The number of carbonyl (C=O) groups excluding carboxylic acids is 1. The van der Waals surface area contributed by atoms with Gasteiger partial charge in [0.05, 0.1) is 18.3 Å². The summed E-state index contributed by atoms with van der Waals surface area (Å²) in [6.07, 6.45) is 0. The molecule has 0 aliphatic rings. The third kappa shape index (κ3) is 2.12. The number of hydrogen-bond acceptors (Lipinski definition) is 3. The van der Waals surface area contributed by atoms with Crippen LogP contribution in [0.25, 0.3) is 5.52 Å². The fraction of sp³-hybridized carbons (Fsp3) is 0.333. The maximum atomic E-state index is 11.8. The van der Waals surface area contributed by atoms with Crippen LogP contribution in [0, 0.1) is 0 Å². The fourth-order valence-corrected chi connectivity index (χ4v) is 2.62. The lowest BCUT2D eigenvalue weighted by Gasteiger charge is -2.07. The number of imidazole rings is 1. The van der Waals surface area contributed by atoms with E-state index in [4.69, 9.17) is 16.3 Å². The molecule has 0 saturated heterocycles. The van der Waals surface area contributed by atoms with Gasteiger partial charge in [-0.05, 0) is 34.0 Å². The molecule has 0 saturated carbocycles. The molecule has 0 aliphatic carbocycles. The van der Waals surface area contributed by atoms with Crippen molar-refractivity contribution >= 4 is 39.0 Å². The average molecular weight is 332 g/mol. The van der Waals surface area contributed by atoms with Crippen LogP contribution < -0.4 is 0 Å². The lowest BCUT2D eigenvalue weighted by Crippen LogP contribution is -2.08. The Morgan fingerprint density at radius 2 is 2.17 bits per heavy atom. The second-order valence-electron chi connectivity index (χ2n) is 4.19. The zero-order valence-corrected chi connectivity index (χ0v) is 12.5. The molecule has 2 heterocycles. The molecule has 0 atom stereocenters. The van der Waals surface area contributed by atoms with Gasteiger partial charge in [-0.15, -0.1) is 0 Å². The van der Waals surface area contributed by atoms with E-state index < -0.39 is 5.97 Å². The average Bonchev–Trinajstić information content (AvgIpc) is 2.64. The van der Waals surface area contributed by atoms with Crippen LogP contribution >= 0.6 is 27.5 Å². The quantitative estimate of drug-likeness (QED) is 0.789. The second-order valence-corrected chi connectivity index (χ2v) is 5.34. The van der Waals surface area contributed by atoms with Gasteiger partial charge in [0.1, 0.15) is 5.69 Å². The number of methoxy groups -OCH3 is 1. The summed E-state index contributed by atoms with van der Waals surface area (Å²) < 4.78 is 7.03. The first-order valence-electron chi connectivity index (χ1n) is 5.41. The normalized spacial score (nSPS) is 11.2. The van der Waals surface area contributed by atoms with Gasteiger partial charge in [-0.3, -0.25) is 4.40 Å². The molecule has 0 amide bonds. The molecule has 0 aromatic carbocycles. The van der Waals surface area contributed by atoms with E-state index in [1.165, 1.54) is 7.11 Å². The van der Waals surface area contributed by atoms with E-state index in [2.05, 4.69) is 20.9 Å². The molecule has 2 aromatic heterocycles. The van der Waals surface area contributed by atoms with E-state index in [0.29, 0.717) is 15.5 Å². The van der Waals surface area contributed by atoms with E-state index in [-0.39, 0.29) is 5.92 Å². The Bertz CT molecular complexity index is 622. The summed E-state index contributed by atoms with van der Waals surface area (Å²) >= 11 is 9.41. The fourth-order valence-electron chi connectivity index (χ4n) is 1.84. The summed E-state index contributed by atoms with van der Waals surface area (Å²) in [5.41, 5.74) is 2.05. The minimum absolute atomic E-state index is 0.232. The summed E-state index contributed by atoms with van der Waals surface area (Å²) in [7, 11) is 1.34. The topological polar surface area (TPSA) is 43.6 Å². The van der Waals surface area contributed by atoms with Gasteiger partial charge in [-0.25, -0.2) is 9.78 Å². The van der Waals surface area contributed by atoms with Crippen LogP contribution in [-0.4, -0.2) is 22.5 Å². The lowest BCUT2D eigenvalue weighted by molar-refractivity contribution is 0.0592. The van der Waals surface area contributed by atoms with Crippen molar-refractivity contribution in [2.24, 2.45) is 0 Å². The van der Waals surface area contributed by atoms with Crippen molar-refractivity contribution < 1.29 is 9.53 Å². The number of ether oxygens (including phenoxy) is 1. The Labute approximate surface area is 118 Å². The summed E-state index contributed by atoms with van der Waals surface area (Å²) in [4.78, 5) is 16.2. The zero-order valence-electron chi connectivity index (χ0n) is 10.2. The molecule has 0 aliphatic heterocycles. The number of nitrogens with zero attached hydrogens (tertiary/aromatic N) is 2. The summed E-state index contributed by atoms with van der Waals surface area (Å²) in [5, 5.41) is 0.484. The number of rotatable bonds is 2. The Kier molecular flexibility index (Phi) is 3.64. The molecule has 0 spiro atoms. The molecule has 4 nitrogen and oxygen atoms in total. The van der Waals surface area contributed by atoms with Crippen LogP contribution in [0.1, 0.15) is 35.9 Å². The van der Waals surface area contributed by atoms with Gasteiger partial charge in [0.15, 0.2) is 4.73 Å². The van der Waals surface area contributed by atoms with Crippen LogP contribution in [-0.2, 0) is 4.74 Å². The molecule has 0 radical (unpaired) electrons. The standard InChI is InChI=1S/C12H12BrClN2O2/c1-6(2)10-8-4-7(14)5-9(11(17)18-3)16(8)12(13)15-10/h4-6H,1-3H3. The van der Waals surface area contributed by atoms with Crippen LogP contribution in [0.15, 0.2) is 16.9 Å². The Morgan fingerprint density at radius 3 is 2.72 bits per heavy atom. The van der Waals surface area contributed by atoms with Gasteiger partial charge in [0.2, 0.25) is 0 Å². The first-order chi connectivity index (χ1) is 8.45. The third-order valence-corrected chi connectivity index (χ3v) is 3.38. The van der Waals surface area contributed by atoms with Crippen molar-refractivity contribution in [1.29, 1.82) is 0 Å². The van der Waals surface area contributed by atoms with E-state index >= 15 is 0 Å².